The van der Waals surface area contributed by atoms with Crippen LogP contribution in [0.15, 0.2) is 54.6 Å². The average Bonchev–Trinajstić information content (AvgIpc) is 2.71. The van der Waals surface area contributed by atoms with E-state index >= 15 is 0 Å². The number of anilines is 1. The first-order chi connectivity index (χ1) is 14.3. The number of carbonyl (C=O) groups excluding carboxylic acids is 1. The number of carbonyl (C=O) groups is 1. The summed E-state index contributed by atoms with van der Waals surface area (Å²) in [6.45, 7) is 12.3. The number of nitrogens with zero attached hydrogens (tertiary/aromatic N) is 1. The van der Waals surface area contributed by atoms with Gasteiger partial charge in [-0.2, -0.15) is 0 Å². The smallest absolute Gasteiger partial charge is 0.322 e. The molecule has 0 saturated carbocycles. The number of nitrogens with one attached hydrogen (secondary N) is 1. The fourth-order valence-electron chi connectivity index (χ4n) is 3.33. The van der Waals surface area contributed by atoms with Crippen LogP contribution in [0.1, 0.15) is 45.7 Å². The quantitative estimate of drug-likeness (QED) is 0.527. The van der Waals surface area contributed by atoms with E-state index in [0.29, 0.717) is 26.3 Å². The molecule has 0 unspecified atom stereocenters. The largest absolute Gasteiger partial charge is 0.351 e. The molecule has 0 aliphatic rings. The van der Waals surface area contributed by atoms with Crippen molar-refractivity contribution in [3.05, 3.63) is 65.7 Å². The molecule has 0 fully saturated rings. The lowest BCUT2D eigenvalue weighted by Crippen LogP contribution is -2.43. The standard InChI is InChI=1S/C25H36N2O3/c1-6-29-23(30-7-2)19-27(18-17-20-13-9-8-10-14-20)24(28)26-22-16-12-11-15-21(22)25(3,4)5/h8-16,23H,6-7,17-19H2,1-5H3,(H,26,28). The van der Waals surface area contributed by atoms with Crippen LogP contribution >= 0.6 is 0 Å². The minimum atomic E-state index is -0.445. The van der Waals surface area contributed by atoms with Crippen molar-refractivity contribution in [1.29, 1.82) is 0 Å². The number of para-hydroxylation sites is 1. The first-order valence-electron chi connectivity index (χ1n) is 10.8. The Bertz CT molecular complexity index is 765. The molecule has 0 spiro atoms. The molecule has 0 bridgehead atoms. The molecule has 5 nitrogen and oxygen atoms in total. The van der Waals surface area contributed by atoms with E-state index in [2.05, 4.69) is 44.3 Å². The summed E-state index contributed by atoms with van der Waals surface area (Å²) < 4.78 is 11.4. The zero-order chi connectivity index (χ0) is 22.0. The summed E-state index contributed by atoms with van der Waals surface area (Å²) in [5.74, 6) is 0. The first-order valence-corrected chi connectivity index (χ1v) is 10.8. The van der Waals surface area contributed by atoms with Gasteiger partial charge in [0.25, 0.3) is 0 Å². The van der Waals surface area contributed by atoms with Gasteiger partial charge in [-0.15, -0.1) is 0 Å². The van der Waals surface area contributed by atoms with Crippen molar-refractivity contribution < 1.29 is 14.3 Å². The van der Waals surface area contributed by atoms with Crippen LogP contribution in [0.2, 0.25) is 0 Å². The van der Waals surface area contributed by atoms with Crippen molar-refractivity contribution in [2.75, 3.05) is 31.6 Å². The second-order valence-corrected chi connectivity index (χ2v) is 8.25. The maximum Gasteiger partial charge on any atom is 0.322 e. The predicted octanol–water partition coefficient (Wildman–Crippen LogP) is 5.46. The van der Waals surface area contributed by atoms with Gasteiger partial charge in [-0.3, -0.25) is 0 Å². The molecule has 0 radical (unpaired) electrons. The summed E-state index contributed by atoms with van der Waals surface area (Å²) in [6.07, 6.45) is 0.319. The topological polar surface area (TPSA) is 50.8 Å². The number of ether oxygens (including phenoxy) is 2. The molecule has 0 aliphatic carbocycles. The zero-order valence-corrected chi connectivity index (χ0v) is 19.0. The van der Waals surface area contributed by atoms with Crippen molar-refractivity contribution in [2.45, 2.75) is 52.7 Å². The molecule has 0 saturated heterocycles. The maximum absolute atomic E-state index is 13.3. The van der Waals surface area contributed by atoms with Crippen molar-refractivity contribution in [2.24, 2.45) is 0 Å². The molecule has 2 aromatic carbocycles. The summed E-state index contributed by atoms with van der Waals surface area (Å²) in [4.78, 5) is 15.0. The summed E-state index contributed by atoms with van der Waals surface area (Å²) in [5, 5.41) is 3.12. The molecule has 0 aromatic heterocycles. The van der Waals surface area contributed by atoms with Gasteiger partial charge >= 0.3 is 6.03 Å². The summed E-state index contributed by atoms with van der Waals surface area (Å²) in [6, 6.07) is 18.0. The van der Waals surface area contributed by atoms with Gasteiger partial charge in [-0.1, -0.05) is 69.3 Å². The Morgan fingerprint density at radius 2 is 1.57 bits per heavy atom. The minimum Gasteiger partial charge on any atom is -0.351 e. The van der Waals surface area contributed by atoms with E-state index in [-0.39, 0.29) is 11.4 Å². The van der Waals surface area contributed by atoms with E-state index < -0.39 is 6.29 Å². The highest BCUT2D eigenvalue weighted by Crippen LogP contribution is 2.29. The van der Waals surface area contributed by atoms with Crippen LogP contribution in [0.3, 0.4) is 0 Å². The van der Waals surface area contributed by atoms with Crippen LogP contribution in [0.5, 0.6) is 0 Å². The van der Waals surface area contributed by atoms with Crippen molar-refractivity contribution in [1.82, 2.24) is 4.90 Å². The van der Waals surface area contributed by atoms with E-state index in [9.17, 15) is 4.79 Å². The van der Waals surface area contributed by atoms with Crippen molar-refractivity contribution in [3.8, 4) is 0 Å². The second kappa shape index (κ2) is 11.7. The Morgan fingerprint density at radius 3 is 2.17 bits per heavy atom. The van der Waals surface area contributed by atoms with Gasteiger partial charge in [0, 0.05) is 25.4 Å². The number of rotatable bonds is 10. The molecule has 5 heteroatoms. The van der Waals surface area contributed by atoms with Crippen LogP contribution in [-0.4, -0.2) is 43.5 Å². The molecule has 2 amide bonds. The van der Waals surface area contributed by atoms with Crippen LogP contribution in [0.4, 0.5) is 10.5 Å². The van der Waals surface area contributed by atoms with Crippen LogP contribution in [0.25, 0.3) is 0 Å². The van der Waals surface area contributed by atoms with E-state index in [1.165, 1.54) is 5.56 Å². The Balaban J connectivity index is 2.18. The summed E-state index contributed by atoms with van der Waals surface area (Å²) in [7, 11) is 0. The zero-order valence-electron chi connectivity index (χ0n) is 19.0. The van der Waals surface area contributed by atoms with Gasteiger partial charge < -0.3 is 19.7 Å². The Hall–Kier alpha value is -2.37. The summed E-state index contributed by atoms with van der Waals surface area (Å²) in [5.41, 5.74) is 3.06. The van der Waals surface area contributed by atoms with Crippen LogP contribution in [0, 0.1) is 0 Å². The number of benzene rings is 2. The number of hydrogen-bond donors (Lipinski definition) is 1. The van der Waals surface area contributed by atoms with Crippen LogP contribution in [-0.2, 0) is 21.3 Å². The third-order valence-electron chi connectivity index (χ3n) is 4.85. The molecule has 1 N–H and O–H groups in total. The van der Waals surface area contributed by atoms with Gasteiger partial charge in [-0.25, -0.2) is 4.79 Å². The molecule has 164 valence electrons. The van der Waals surface area contributed by atoms with Gasteiger partial charge in [0.1, 0.15) is 0 Å². The van der Waals surface area contributed by atoms with Gasteiger partial charge in [0.05, 0.1) is 6.54 Å². The molecule has 2 rings (SSSR count). The molecule has 0 heterocycles. The number of amides is 2. The molecular formula is C25H36N2O3. The van der Waals surface area contributed by atoms with E-state index in [0.717, 1.165) is 17.7 Å². The first kappa shape index (κ1) is 23.9. The van der Waals surface area contributed by atoms with E-state index in [4.69, 9.17) is 9.47 Å². The molecule has 2 aromatic rings. The highest BCUT2D eigenvalue weighted by molar-refractivity contribution is 5.90. The molecule has 0 aliphatic heterocycles. The van der Waals surface area contributed by atoms with Gasteiger partial charge in [-0.05, 0) is 42.9 Å². The average molecular weight is 413 g/mol. The van der Waals surface area contributed by atoms with Crippen molar-refractivity contribution in [3.63, 3.8) is 0 Å². The van der Waals surface area contributed by atoms with E-state index in [1.54, 1.807) is 4.90 Å². The fourth-order valence-corrected chi connectivity index (χ4v) is 3.33. The lowest BCUT2D eigenvalue weighted by atomic mass is 9.86. The minimum absolute atomic E-state index is 0.0715. The lowest BCUT2D eigenvalue weighted by molar-refractivity contribution is -0.142. The summed E-state index contributed by atoms with van der Waals surface area (Å²) >= 11 is 0. The number of urea groups is 1. The Kier molecular flexibility index (Phi) is 9.34. The number of hydrogen-bond acceptors (Lipinski definition) is 3. The maximum atomic E-state index is 13.3. The normalized spacial score (nSPS) is 11.5. The Morgan fingerprint density at radius 1 is 0.967 bits per heavy atom. The second-order valence-electron chi connectivity index (χ2n) is 8.25. The van der Waals surface area contributed by atoms with E-state index in [1.807, 2.05) is 50.2 Å². The monoisotopic (exact) mass is 412 g/mol. The van der Waals surface area contributed by atoms with Crippen molar-refractivity contribution >= 4 is 11.7 Å². The Labute approximate surface area is 181 Å². The molecule has 30 heavy (non-hydrogen) atoms. The van der Waals surface area contributed by atoms with Gasteiger partial charge in [0.15, 0.2) is 6.29 Å². The third-order valence-corrected chi connectivity index (χ3v) is 4.85. The molecular weight excluding hydrogens is 376 g/mol. The third kappa shape index (κ3) is 7.47. The fraction of sp³-hybridized carbons (Fsp3) is 0.480. The SMILES string of the molecule is CCOC(CN(CCc1ccccc1)C(=O)Nc1ccccc1C(C)(C)C)OCC. The van der Waals surface area contributed by atoms with Gasteiger partial charge in [0.2, 0.25) is 0 Å². The predicted molar refractivity (Wildman–Crippen MR) is 123 cm³/mol. The van der Waals surface area contributed by atoms with Crippen LogP contribution < -0.4 is 5.32 Å². The molecule has 0 atom stereocenters. The lowest BCUT2D eigenvalue weighted by Gasteiger charge is -2.29. The highest BCUT2D eigenvalue weighted by Gasteiger charge is 2.23. The highest BCUT2D eigenvalue weighted by atomic mass is 16.7.